The highest BCUT2D eigenvalue weighted by molar-refractivity contribution is 9.10. The van der Waals surface area contributed by atoms with Crippen LogP contribution in [0.1, 0.15) is 36.0 Å². The number of likely N-dealkylation sites (tertiary alicyclic amines) is 1. The molecular formula is C14H16BrF2NO2. The number of rotatable bonds is 3. The van der Waals surface area contributed by atoms with Crippen molar-refractivity contribution in [3.63, 3.8) is 0 Å². The molecule has 2 rings (SSSR count). The quantitative estimate of drug-likeness (QED) is 0.824. The third-order valence-electron chi connectivity index (χ3n) is 3.28. The van der Waals surface area contributed by atoms with Crippen molar-refractivity contribution in [3.05, 3.63) is 28.2 Å². The SMILES string of the molecule is O=C(c1cc(Br)ccc1OC(F)F)N1CCCCCC1. The van der Waals surface area contributed by atoms with Gasteiger partial charge in [0.25, 0.3) is 5.91 Å². The molecule has 0 spiro atoms. The van der Waals surface area contributed by atoms with Crippen LogP contribution in [0.5, 0.6) is 5.75 Å². The minimum absolute atomic E-state index is 0.0718. The molecule has 0 bridgehead atoms. The predicted molar refractivity (Wildman–Crippen MR) is 75.1 cm³/mol. The maximum atomic E-state index is 12.5. The second-order valence-electron chi connectivity index (χ2n) is 4.73. The Labute approximate surface area is 125 Å². The van der Waals surface area contributed by atoms with E-state index >= 15 is 0 Å². The number of nitrogens with zero attached hydrogens (tertiary/aromatic N) is 1. The first kappa shape index (κ1) is 15.2. The fraction of sp³-hybridized carbons (Fsp3) is 0.500. The summed E-state index contributed by atoms with van der Waals surface area (Å²) in [4.78, 5) is 14.2. The van der Waals surface area contributed by atoms with Crippen molar-refractivity contribution in [2.45, 2.75) is 32.3 Å². The average Bonchev–Trinajstić information content (AvgIpc) is 2.68. The van der Waals surface area contributed by atoms with E-state index in [1.807, 2.05) is 0 Å². The minimum Gasteiger partial charge on any atom is -0.434 e. The van der Waals surface area contributed by atoms with Gasteiger partial charge in [-0.2, -0.15) is 8.78 Å². The summed E-state index contributed by atoms with van der Waals surface area (Å²) < 4.78 is 29.9. The van der Waals surface area contributed by atoms with Crippen molar-refractivity contribution in [1.82, 2.24) is 4.90 Å². The van der Waals surface area contributed by atoms with Gasteiger partial charge in [-0.1, -0.05) is 28.8 Å². The van der Waals surface area contributed by atoms with Crippen molar-refractivity contribution < 1.29 is 18.3 Å². The van der Waals surface area contributed by atoms with E-state index in [2.05, 4.69) is 20.7 Å². The molecule has 0 N–H and O–H groups in total. The second kappa shape index (κ2) is 7.02. The standard InChI is InChI=1S/C14H16BrF2NO2/c15-10-5-6-12(20-14(16)17)11(9-10)13(19)18-7-3-1-2-4-8-18/h5-6,9,14H,1-4,7-8H2. The average molecular weight is 348 g/mol. The number of ether oxygens (including phenoxy) is 1. The smallest absolute Gasteiger partial charge is 0.387 e. The fourth-order valence-electron chi connectivity index (χ4n) is 2.31. The Kier molecular flexibility index (Phi) is 5.34. The van der Waals surface area contributed by atoms with Gasteiger partial charge in [-0.15, -0.1) is 0 Å². The van der Waals surface area contributed by atoms with E-state index in [-0.39, 0.29) is 17.2 Å². The van der Waals surface area contributed by atoms with E-state index in [4.69, 9.17) is 0 Å². The van der Waals surface area contributed by atoms with Crippen LogP contribution in [-0.4, -0.2) is 30.5 Å². The number of alkyl halides is 2. The highest BCUT2D eigenvalue weighted by atomic mass is 79.9. The van der Waals surface area contributed by atoms with Crippen LogP contribution in [0, 0.1) is 0 Å². The van der Waals surface area contributed by atoms with Gasteiger partial charge < -0.3 is 9.64 Å². The first-order valence-electron chi connectivity index (χ1n) is 6.61. The Balaban J connectivity index is 2.24. The second-order valence-corrected chi connectivity index (χ2v) is 5.64. The van der Waals surface area contributed by atoms with Gasteiger partial charge in [-0.25, -0.2) is 0 Å². The maximum Gasteiger partial charge on any atom is 0.387 e. The van der Waals surface area contributed by atoms with Crippen molar-refractivity contribution in [3.8, 4) is 5.75 Å². The molecule has 1 aromatic carbocycles. The molecule has 1 aliphatic rings. The molecule has 1 fully saturated rings. The molecule has 0 atom stereocenters. The monoisotopic (exact) mass is 347 g/mol. The molecule has 3 nitrogen and oxygen atoms in total. The van der Waals surface area contributed by atoms with Crippen LogP contribution in [0.3, 0.4) is 0 Å². The number of carbonyl (C=O) groups excluding carboxylic acids is 1. The van der Waals surface area contributed by atoms with Gasteiger partial charge in [-0.3, -0.25) is 4.79 Å². The Morgan fingerprint density at radius 2 is 1.85 bits per heavy atom. The van der Waals surface area contributed by atoms with Crippen molar-refractivity contribution in [2.75, 3.05) is 13.1 Å². The van der Waals surface area contributed by atoms with Crippen molar-refractivity contribution >= 4 is 21.8 Å². The third kappa shape index (κ3) is 3.91. The topological polar surface area (TPSA) is 29.5 Å². The van der Waals surface area contributed by atoms with Gasteiger partial charge in [0.2, 0.25) is 0 Å². The van der Waals surface area contributed by atoms with Crippen molar-refractivity contribution in [2.24, 2.45) is 0 Å². The summed E-state index contributed by atoms with van der Waals surface area (Å²) in [5.41, 5.74) is 0.182. The first-order chi connectivity index (χ1) is 9.58. The molecule has 1 aliphatic heterocycles. The Bertz CT molecular complexity index is 474. The molecule has 0 unspecified atom stereocenters. The van der Waals surface area contributed by atoms with Crippen LogP contribution in [0.15, 0.2) is 22.7 Å². The molecule has 1 saturated heterocycles. The van der Waals surface area contributed by atoms with Crippen molar-refractivity contribution in [1.29, 1.82) is 0 Å². The number of halogens is 3. The van der Waals surface area contributed by atoms with E-state index in [0.717, 1.165) is 25.7 Å². The highest BCUT2D eigenvalue weighted by Gasteiger charge is 2.22. The van der Waals surface area contributed by atoms with Crippen LogP contribution < -0.4 is 4.74 Å². The molecule has 0 aromatic heterocycles. The van der Waals surface area contributed by atoms with Gasteiger partial charge >= 0.3 is 6.61 Å². The molecular weight excluding hydrogens is 332 g/mol. The number of amides is 1. The lowest BCUT2D eigenvalue weighted by Crippen LogP contribution is -2.32. The minimum atomic E-state index is -2.94. The number of benzene rings is 1. The molecule has 0 aliphatic carbocycles. The van der Waals surface area contributed by atoms with Crippen LogP contribution in [0.4, 0.5) is 8.78 Å². The summed E-state index contributed by atoms with van der Waals surface area (Å²) in [5, 5.41) is 0. The summed E-state index contributed by atoms with van der Waals surface area (Å²) in [6.45, 7) is -1.61. The zero-order valence-corrected chi connectivity index (χ0v) is 12.5. The van der Waals surface area contributed by atoms with Gasteiger partial charge in [0, 0.05) is 17.6 Å². The van der Waals surface area contributed by atoms with Gasteiger partial charge in [0.15, 0.2) is 0 Å². The van der Waals surface area contributed by atoms with Crippen LogP contribution in [0.2, 0.25) is 0 Å². The zero-order valence-electron chi connectivity index (χ0n) is 10.9. The number of hydrogen-bond donors (Lipinski definition) is 0. The summed E-state index contributed by atoms with van der Waals surface area (Å²) >= 11 is 3.26. The lowest BCUT2D eigenvalue weighted by atomic mass is 10.1. The molecule has 1 aromatic rings. The lowest BCUT2D eigenvalue weighted by molar-refractivity contribution is -0.0502. The maximum absolute atomic E-state index is 12.5. The van der Waals surface area contributed by atoms with E-state index in [1.165, 1.54) is 12.1 Å². The molecule has 6 heteroatoms. The summed E-state index contributed by atoms with van der Waals surface area (Å²) in [5.74, 6) is -0.318. The summed E-state index contributed by atoms with van der Waals surface area (Å²) in [6, 6.07) is 4.50. The fourth-order valence-corrected chi connectivity index (χ4v) is 2.67. The summed E-state index contributed by atoms with van der Waals surface area (Å²) in [7, 11) is 0. The molecule has 20 heavy (non-hydrogen) atoms. The molecule has 1 amide bonds. The van der Waals surface area contributed by atoms with E-state index in [1.54, 1.807) is 11.0 Å². The predicted octanol–water partition coefficient (Wildman–Crippen LogP) is 4.07. The van der Waals surface area contributed by atoms with Gasteiger partial charge in [0.05, 0.1) is 5.56 Å². The lowest BCUT2D eigenvalue weighted by Gasteiger charge is -2.21. The largest absolute Gasteiger partial charge is 0.434 e. The Morgan fingerprint density at radius 1 is 1.20 bits per heavy atom. The molecule has 1 heterocycles. The van der Waals surface area contributed by atoms with Gasteiger partial charge in [0.1, 0.15) is 5.75 Å². The molecule has 0 saturated carbocycles. The van der Waals surface area contributed by atoms with Crippen LogP contribution >= 0.6 is 15.9 Å². The number of hydrogen-bond acceptors (Lipinski definition) is 2. The van der Waals surface area contributed by atoms with E-state index < -0.39 is 6.61 Å². The summed E-state index contributed by atoms with van der Waals surface area (Å²) in [6.07, 6.45) is 4.10. The zero-order chi connectivity index (χ0) is 14.5. The first-order valence-corrected chi connectivity index (χ1v) is 7.41. The Morgan fingerprint density at radius 3 is 2.45 bits per heavy atom. The van der Waals surface area contributed by atoms with E-state index in [9.17, 15) is 13.6 Å². The highest BCUT2D eigenvalue weighted by Crippen LogP contribution is 2.27. The normalized spacial score (nSPS) is 16.1. The van der Waals surface area contributed by atoms with Crippen LogP contribution in [-0.2, 0) is 0 Å². The molecule has 110 valence electrons. The third-order valence-corrected chi connectivity index (χ3v) is 3.77. The number of carbonyl (C=O) groups is 1. The Hall–Kier alpha value is -1.17. The van der Waals surface area contributed by atoms with E-state index in [0.29, 0.717) is 17.6 Å². The van der Waals surface area contributed by atoms with Crippen LogP contribution in [0.25, 0.3) is 0 Å². The van der Waals surface area contributed by atoms with Gasteiger partial charge in [-0.05, 0) is 31.0 Å². The molecule has 0 radical (unpaired) electrons.